The number of amides is 1. The van der Waals surface area contributed by atoms with Crippen molar-refractivity contribution in [2.45, 2.75) is 0 Å². The summed E-state index contributed by atoms with van der Waals surface area (Å²) in [5, 5.41) is 16.9. The molecule has 1 N–H and O–H groups in total. The van der Waals surface area contributed by atoms with Gasteiger partial charge in [-0.15, -0.1) is 11.3 Å². The Morgan fingerprint density at radius 1 is 0.903 bits per heavy atom. The van der Waals surface area contributed by atoms with E-state index >= 15 is 0 Å². The number of hydrogen-bond acceptors (Lipinski definition) is 5. The zero-order valence-electron chi connectivity index (χ0n) is 16.9. The third kappa shape index (κ3) is 3.80. The number of piperazine rings is 1. The van der Waals surface area contributed by atoms with E-state index in [1.807, 2.05) is 77.1 Å². The molecule has 0 saturated carbocycles. The summed E-state index contributed by atoms with van der Waals surface area (Å²) in [6, 6.07) is 21.1. The van der Waals surface area contributed by atoms with E-state index < -0.39 is 0 Å². The lowest BCUT2D eigenvalue weighted by Gasteiger charge is -2.36. The van der Waals surface area contributed by atoms with Gasteiger partial charge in [-0.2, -0.15) is 5.10 Å². The summed E-state index contributed by atoms with van der Waals surface area (Å²) in [4.78, 5) is 18.5. The van der Waals surface area contributed by atoms with Crippen molar-refractivity contribution in [3.63, 3.8) is 0 Å². The van der Waals surface area contributed by atoms with Crippen molar-refractivity contribution < 1.29 is 9.90 Å². The second kappa shape index (κ2) is 8.28. The number of carbonyl (C=O) groups is 1. The van der Waals surface area contributed by atoms with Crippen molar-refractivity contribution in [3.8, 4) is 22.0 Å². The highest BCUT2D eigenvalue weighted by atomic mass is 32.1. The fourth-order valence-electron chi connectivity index (χ4n) is 3.89. The molecule has 0 unspecified atom stereocenters. The lowest BCUT2D eigenvalue weighted by atomic mass is 10.1. The third-order valence-corrected chi connectivity index (χ3v) is 6.39. The second-order valence-corrected chi connectivity index (χ2v) is 8.36. The van der Waals surface area contributed by atoms with E-state index in [-0.39, 0.29) is 11.7 Å². The minimum absolute atomic E-state index is 0.0116. The van der Waals surface area contributed by atoms with Crippen LogP contribution in [-0.2, 0) is 0 Å². The smallest absolute Gasteiger partial charge is 0.257 e. The van der Waals surface area contributed by atoms with Crippen molar-refractivity contribution in [2.75, 3.05) is 31.1 Å². The molecule has 2 aromatic carbocycles. The Morgan fingerprint density at radius 3 is 2.35 bits per heavy atom. The first kappa shape index (κ1) is 19.4. The minimum Gasteiger partial charge on any atom is -0.506 e. The lowest BCUT2D eigenvalue weighted by molar-refractivity contribution is 0.0747. The van der Waals surface area contributed by atoms with E-state index in [0.717, 1.165) is 16.3 Å². The largest absolute Gasteiger partial charge is 0.506 e. The average Bonchev–Trinajstić information content (AvgIpc) is 3.50. The summed E-state index contributed by atoms with van der Waals surface area (Å²) in [6.45, 7) is 2.52. The van der Waals surface area contributed by atoms with Gasteiger partial charge in [0.15, 0.2) is 0 Å². The molecule has 0 aliphatic carbocycles. The zero-order chi connectivity index (χ0) is 21.2. The van der Waals surface area contributed by atoms with Crippen LogP contribution in [0.4, 0.5) is 5.69 Å². The lowest BCUT2D eigenvalue weighted by Crippen LogP contribution is -2.48. The first-order valence-corrected chi connectivity index (χ1v) is 11.1. The number of aromatic hydroxyl groups is 1. The molecule has 6 nitrogen and oxygen atoms in total. The maximum atomic E-state index is 13.5. The molecule has 1 saturated heterocycles. The normalized spacial score (nSPS) is 14.1. The SMILES string of the molecule is O=C(c1cn(-c2ccccc2)nc1-c1cccs1)N1CCN(c2ccccc2O)CC1. The molecule has 0 radical (unpaired) electrons. The van der Waals surface area contributed by atoms with Crippen LogP contribution in [0.2, 0.25) is 0 Å². The number of carbonyl (C=O) groups excluding carboxylic acids is 1. The van der Waals surface area contributed by atoms with Crippen molar-refractivity contribution in [2.24, 2.45) is 0 Å². The average molecular weight is 431 g/mol. The molecule has 0 atom stereocenters. The fraction of sp³-hybridized carbons (Fsp3) is 0.167. The van der Waals surface area contributed by atoms with Crippen LogP contribution in [0.5, 0.6) is 5.75 Å². The first-order valence-electron chi connectivity index (χ1n) is 10.2. The predicted molar refractivity (Wildman–Crippen MR) is 123 cm³/mol. The van der Waals surface area contributed by atoms with Gasteiger partial charge in [-0.1, -0.05) is 36.4 Å². The van der Waals surface area contributed by atoms with E-state index in [1.165, 1.54) is 0 Å². The molecule has 1 fully saturated rings. The van der Waals surface area contributed by atoms with Gasteiger partial charge >= 0.3 is 0 Å². The highest BCUT2D eigenvalue weighted by Gasteiger charge is 2.27. The molecule has 156 valence electrons. The van der Waals surface area contributed by atoms with E-state index in [0.29, 0.717) is 37.4 Å². The van der Waals surface area contributed by atoms with Gasteiger partial charge in [-0.05, 0) is 35.7 Å². The summed E-state index contributed by atoms with van der Waals surface area (Å²) in [5.74, 6) is 0.258. The van der Waals surface area contributed by atoms with Gasteiger partial charge in [0, 0.05) is 32.4 Å². The summed E-state index contributed by atoms with van der Waals surface area (Å²) in [5.41, 5.74) is 3.06. The molecular weight excluding hydrogens is 408 g/mol. The summed E-state index contributed by atoms with van der Waals surface area (Å²) < 4.78 is 1.78. The number of anilines is 1. The Labute approximate surface area is 184 Å². The molecule has 7 heteroatoms. The van der Waals surface area contributed by atoms with E-state index in [2.05, 4.69) is 4.90 Å². The van der Waals surface area contributed by atoms with Crippen molar-refractivity contribution in [3.05, 3.63) is 83.9 Å². The number of rotatable bonds is 4. The number of phenolic OH excluding ortho intramolecular Hbond substituents is 1. The van der Waals surface area contributed by atoms with Gasteiger partial charge in [-0.3, -0.25) is 4.79 Å². The summed E-state index contributed by atoms with van der Waals surface area (Å²) in [7, 11) is 0. The minimum atomic E-state index is -0.0116. The number of para-hydroxylation sites is 3. The Morgan fingerprint density at radius 2 is 1.65 bits per heavy atom. The zero-order valence-corrected chi connectivity index (χ0v) is 17.7. The van der Waals surface area contributed by atoms with Crippen molar-refractivity contribution >= 4 is 22.9 Å². The summed E-state index contributed by atoms with van der Waals surface area (Å²) in [6.07, 6.45) is 1.84. The molecule has 31 heavy (non-hydrogen) atoms. The number of aromatic nitrogens is 2. The van der Waals surface area contributed by atoms with Crippen LogP contribution >= 0.6 is 11.3 Å². The number of thiophene rings is 1. The Kier molecular flexibility index (Phi) is 5.18. The van der Waals surface area contributed by atoms with E-state index in [4.69, 9.17) is 5.10 Å². The van der Waals surface area contributed by atoms with Crippen LogP contribution in [0.25, 0.3) is 16.3 Å². The number of hydrogen-bond donors (Lipinski definition) is 1. The van der Waals surface area contributed by atoms with E-state index in [1.54, 1.807) is 22.1 Å². The Hall–Kier alpha value is -3.58. The van der Waals surface area contributed by atoms with Crippen molar-refractivity contribution in [1.29, 1.82) is 0 Å². The van der Waals surface area contributed by atoms with Crippen LogP contribution in [0.1, 0.15) is 10.4 Å². The molecule has 1 aliphatic heterocycles. The summed E-state index contributed by atoms with van der Waals surface area (Å²) >= 11 is 1.58. The Bertz CT molecular complexity index is 1180. The van der Waals surface area contributed by atoms with Gasteiger partial charge in [-0.25, -0.2) is 4.68 Å². The van der Waals surface area contributed by atoms with E-state index in [9.17, 15) is 9.90 Å². The van der Waals surface area contributed by atoms with Gasteiger partial charge in [0.25, 0.3) is 5.91 Å². The molecule has 2 aromatic heterocycles. The standard InChI is InChI=1S/C24H22N4O2S/c29-21-10-5-4-9-20(21)26-12-14-27(15-13-26)24(30)19-17-28(18-7-2-1-3-8-18)25-23(19)22-11-6-16-31-22/h1-11,16-17,29H,12-15H2. The Balaban J connectivity index is 1.40. The van der Waals surface area contributed by atoms with Crippen LogP contribution in [0.15, 0.2) is 78.3 Å². The molecule has 0 bridgehead atoms. The number of benzene rings is 2. The number of phenols is 1. The molecule has 1 aliphatic rings. The van der Waals surface area contributed by atoms with Gasteiger partial charge in [0.05, 0.1) is 21.8 Å². The number of nitrogens with zero attached hydrogens (tertiary/aromatic N) is 4. The van der Waals surface area contributed by atoms with Gasteiger partial charge in [0.2, 0.25) is 0 Å². The first-order chi connectivity index (χ1) is 15.2. The molecule has 1 amide bonds. The van der Waals surface area contributed by atoms with Crippen LogP contribution in [0, 0.1) is 0 Å². The fourth-order valence-corrected chi connectivity index (χ4v) is 4.61. The maximum absolute atomic E-state index is 13.5. The maximum Gasteiger partial charge on any atom is 0.257 e. The molecule has 0 spiro atoms. The van der Waals surface area contributed by atoms with Crippen molar-refractivity contribution in [1.82, 2.24) is 14.7 Å². The molecule has 4 aromatic rings. The topological polar surface area (TPSA) is 61.6 Å². The monoisotopic (exact) mass is 430 g/mol. The van der Waals surface area contributed by atoms with Crippen LogP contribution in [0.3, 0.4) is 0 Å². The predicted octanol–water partition coefficient (Wildman–Crippen LogP) is 4.27. The van der Waals surface area contributed by atoms with Crippen LogP contribution < -0.4 is 4.90 Å². The second-order valence-electron chi connectivity index (χ2n) is 7.42. The molecule has 5 rings (SSSR count). The third-order valence-electron chi connectivity index (χ3n) is 5.51. The highest BCUT2D eigenvalue weighted by molar-refractivity contribution is 7.13. The highest BCUT2D eigenvalue weighted by Crippen LogP contribution is 2.30. The van der Waals surface area contributed by atoms with Gasteiger partial charge < -0.3 is 14.9 Å². The molecular formula is C24H22N4O2S. The quantitative estimate of drug-likeness (QED) is 0.525. The molecule has 3 heterocycles. The van der Waals surface area contributed by atoms with Gasteiger partial charge in [0.1, 0.15) is 11.4 Å². The van der Waals surface area contributed by atoms with Crippen LogP contribution in [-0.4, -0.2) is 51.9 Å².